The summed E-state index contributed by atoms with van der Waals surface area (Å²) in [6.45, 7) is 0.701. The maximum absolute atomic E-state index is 12.0. The van der Waals surface area contributed by atoms with E-state index in [1.54, 1.807) is 0 Å². The Balaban J connectivity index is 1.52. The lowest BCUT2D eigenvalue weighted by molar-refractivity contribution is -0.137. The van der Waals surface area contributed by atoms with Crippen molar-refractivity contribution in [1.82, 2.24) is 5.32 Å². The molecule has 2 aliphatic rings. The minimum absolute atomic E-state index is 0.235. The molecule has 0 radical (unpaired) electrons. The van der Waals surface area contributed by atoms with Gasteiger partial charge in [-0.3, -0.25) is 9.59 Å². The van der Waals surface area contributed by atoms with Gasteiger partial charge in [-0.05, 0) is 31.1 Å². The van der Waals surface area contributed by atoms with E-state index in [1.807, 2.05) is 0 Å². The van der Waals surface area contributed by atoms with Crippen LogP contribution in [-0.4, -0.2) is 23.5 Å². The average Bonchev–Trinajstić information content (AvgIpc) is 3.23. The topological polar surface area (TPSA) is 66.4 Å². The highest BCUT2D eigenvalue weighted by Gasteiger charge is 2.47. The first-order valence-electron chi connectivity index (χ1n) is 8.18. The minimum Gasteiger partial charge on any atom is -0.481 e. The van der Waals surface area contributed by atoms with Gasteiger partial charge in [0.05, 0.1) is 0 Å². The van der Waals surface area contributed by atoms with Crippen LogP contribution in [0.15, 0.2) is 0 Å². The Morgan fingerprint density at radius 2 is 1.80 bits per heavy atom. The Morgan fingerprint density at radius 3 is 2.50 bits per heavy atom. The number of unbranched alkanes of at least 4 members (excludes halogenated alkanes) is 2. The number of carboxylic acids is 1. The van der Waals surface area contributed by atoms with Crippen molar-refractivity contribution in [3.63, 3.8) is 0 Å². The fourth-order valence-corrected chi connectivity index (χ4v) is 3.52. The molecule has 2 atom stereocenters. The van der Waals surface area contributed by atoms with Gasteiger partial charge in [0, 0.05) is 18.9 Å². The number of hydrogen-bond donors (Lipinski definition) is 2. The van der Waals surface area contributed by atoms with E-state index in [0.29, 0.717) is 18.9 Å². The maximum Gasteiger partial charge on any atom is 0.303 e. The molecule has 20 heavy (non-hydrogen) atoms. The Kier molecular flexibility index (Phi) is 5.86. The van der Waals surface area contributed by atoms with E-state index in [9.17, 15) is 9.59 Å². The molecule has 0 aliphatic heterocycles. The lowest BCUT2D eigenvalue weighted by atomic mass is 9.85. The van der Waals surface area contributed by atoms with Gasteiger partial charge in [-0.15, -0.1) is 0 Å². The molecule has 2 unspecified atom stereocenters. The molecule has 2 rings (SSSR count). The van der Waals surface area contributed by atoms with E-state index in [-0.39, 0.29) is 18.2 Å². The van der Waals surface area contributed by atoms with E-state index >= 15 is 0 Å². The van der Waals surface area contributed by atoms with Crippen LogP contribution in [-0.2, 0) is 9.59 Å². The van der Waals surface area contributed by atoms with Crippen LogP contribution in [0.3, 0.4) is 0 Å². The molecular formula is C16H27NO3. The zero-order chi connectivity index (χ0) is 14.4. The number of nitrogens with one attached hydrogen (secondary N) is 1. The lowest BCUT2D eigenvalue weighted by Gasteiger charge is -2.21. The van der Waals surface area contributed by atoms with Gasteiger partial charge in [0.2, 0.25) is 5.91 Å². The molecule has 1 amide bonds. The molecule has 0 bridgehead atoms. The van der Waals surface area contributed by atoms with Crippen LogP contribution < -0.4 is 5.32 Å². The summed E-state index contributed by atoms with van der Waals surface area (Å²) < 4.78 is 0. The van der Waals surface area contributed by atoms with Crippen molar-refractivity contribution in [2.24, 2.45) is 17.8 Å². The average molecular weight is 281 g/mol. The predicted octanol–water partition coefficient (Wildman–Crippen LogP) is 2.96. The van der Waals surface area contributed by atoms with Crippen molar-refractivity contribution < 1.29 is 14.7 Å². The first kappa shape index (κ1) is 15.3. The molecule has 0 saturated heterocycles. The second-order valence-electron chi connectivity index (χ2n) is 6.40. The molecule has 4 nitrogen and oxygen atoms in total. The first-order chi connectivity index (χ1) is 9.68. The van der Waals surface area contributed by atoms with Crippen LogP contribution in [0.2, 0.25) is 0 Å². The summed E-state index contributed by atoms with van der Waals surface area (Å²) in [5.74, 6) is 1.23. The number of aliphatic carboxylic acids is 1. The molecule has 0 aromatic heterocycles. The lowest BCUT2D eigenvalue weighted by Crippen LogP contribution is -2.27. The summed E-state index contributed by atoms with van der Waals surface area (Å²) in [6, 6.07) is 0. The van der Waals surface area contributed by atoms with Crippen LogP contribution in [0.4, 0.5) is 0 Å². The maximum atomic E-state index is 12.0. The molecule has 0 aromatic rings. The van der Waals surface area contributed by atoms with Crippen molar-refractivity contribution in [2.45, 2.75) is 64.2 Å². The van der Waals surface area contributed by atoms with Crippen molar-refractivity contribution in [1.29, 1.82) is 0 Å². The standard InChI is InChI=1S/C16H27NO3/c18-15(19)9-5-2-6-10-17-16(20)14-11-13(14)12-7-3-1-4-8-12/h12-14H,1-11H2,(H,17,20)(H,18,19). The van der Waals surface area contributed by atoms with Crippen LogP contribution >= 0.6 is 0 Å². The minimum atomic E-state index is -0.734. The van der Waals surface area contributed by atoms with Gasteiger partial charge in [0.25, 0.3) is 0 Å². The summed E-state index contributed by atoms with van der Waals surface area (Å²) >= 11 is 0. The molecule has 114 valence electrons. The third-order valence-corrected chi connectivity index (χ3v) is 4.80. The highest BCUT2D eigenvalue weighted by atomic mass is 16.4. The Labute approximate surface area is 121 Å². The molecule has 2 N–H and O–H groups in total. The van der Waals surface area contributed by atoms with Gasteiger partial charge < -0.3 is 10.4 Å². The fraction of sp³-hybridized carbons (Fsp3) is 0.875. The Morgan fingerprint density at radius 1 is 1.05 bits per heavy atom. The smallest absolute Gasteiger partial charge is 0.303 e. The number of carbonyl (C=O) groups excluding carboxylic acids is 1. The molecule has 0 heterocycles. The SMILES string of the molecule is O=C(O)CCCCCNC(=O)C1CC1C1CCCCC1. The molecule has 2 fully saturated rings. The highest BCUT2D eigenvalue weighted by molar-refractivity contribution is 5.81. The third-order valence-electron chi connectivity index (χ3n) is 4.80. The van der Waals surface area contributed by atoms with Crippen LogP contribution in [0, 0.1) is 17.8 Å². The zero-order valence-electron chi connectivity index (χ0n) is 12.3. The summed E-state index contributed by atoms with van der Waals surface area (Å²) in [5.41, 5.74) is 0. The largest absolute Gasteiger partial charge is 0.481 e. The predicted molar refractivity (Wildman–Crippen MR) is 77.3 cm³/mol. The van der Waals surface area contributed by atoms with Crippen LogP contribution in [0.1, 0.15) is 64.2 Å². The van der Waals surface area contributed by atoms with Gasteiger partial charge >= 0.3 is 5.97 Å². The van der Waals surface area contributed by atoms with Crippen molar-refractivity contribution in [3.8, 4) is 0 Å². The Bertz CT molecular complexity index is 337. The van der Waals surface area contributed by atoms with Gasteiger partial charge in [0.15, 0.2) is 0 Å². The van der Waals surface area contributed by atoms with E-state index in [0.717, 1.165) is 25.2 Å². The van der Waals surface area contributed by atoms with Crippen LogP contribution in [0.5, 0.6) is 0 Å². The number of hydrogen-bond acceptors (Lipinski definition) is 2. The molecule has 0 spiro atoms. The third kappa shape index (κ3) is 4.80. The highest BCUT2D eigenvalue weighted by Crippen LogP contribution is 2.49. The van der Waals surface area contributed by atoms with Gasteiger partial charge in [0.1, 0.15) is 0 Å². The Hall–Kier alpha value is -1.06. The fourth-order valence-electron chi connectivity index (χ4n) is 3.52. The molecule has 2 aliphatic carbocycles. The molecule has 4 heteroatoms. The van der Waals surface area contributed by atoms with Gasteiger partial charge in [-0.2, -0.15) is 0 Å². The number of carboxylic acid groups (broad SMARTS) is 1. The number of amides is 1. The summed E-state index contributed by atoms with van der Waals surface area (Å²) in [7, 11) is 0. The van der Waals surface area contributed by atoms with Crippen molar-refractivity contribution in [3.05, 3.63) is 0 Å². The van der Waals surface area contributed by atoms with Crippen molar-refractivity contribution in [2.75, 3.05) is 6.54 Å². The van der Waals surface area contributed by atoms with Crippen LogP contribution in [0.25, 0.3) is 0 Å². The van der Waals surface area contributed by atoms with E-state index in [4.69, 9.17) is 5.11 Å². The van der Waals surface area contributed by atoms with Gasteiger partial charge in [-0.25, -0.2) is 0 Å². The van der Waals surface area contributed by atoms with E-state index in [1.165, 1.54) is 32.1 Å². The number of rotatable bonds is 8. The summed E-state index contributed by atoms with van der Waals surface area (Å²) in [4.78, 5) is 22.3. The summed E-state index contributed by atoms with van der Waals surface area (Å²) in [6.07, 6.45) is 10.5. The summed E-state index contributed by atoms with van der Waals surface area (Å²) in [5, 5.41) is 11.5. The second kappa shape index (κ2) is 7.65. The zero-order valence-corrected chi connectivity index (χ0v) is 12.3. The molecule has 2 saturated carbocycles. The van der Waals surface area contributed by atoms with Crippen molar-refractivity contribution >= 4 is 11.9 Å². The number of carbonyl (C=O) groups is 2. The quantitative estimate of drug-likeness (QED) is 0.672. The second-order valence-corrected chi connectivity index (χ2v) is 6.40. The molecule has 0 aromatic carbocycles. The monoisotopic (exact) mass is 281 g/mol. The van der Waals surface area contributed by atoms with E-state index in [2.05, 4.69) is 5.32 Å². The first-order valence-corrected chi connectivity index (χ1v) is 8.18. The molecular weight excluding hydrogens is 254 g/mol. The normalized spacial score (nSPS) is 26.2. The van der Waals surface area contributed by atoms with Gasteiger partial charge in [-0.1, -0.05) is 38.5 Å². The van der Waals surface area contributed by atoms with E-state index < -0.39 is 5.97 Å².